The van der Waals surface area contributed by atoms with Gasteiger partial charge < -0.3 is 18.8 Å². The molecule has 1 aromatic heterocycles. The molecule has 3 aliphatic rings. The summed E-state index contributed by atoms with van der Waals surface area (Å²) >= 11 is 1.33. The van der Waals surface area contributed by atoms with Crippen molar-refractivity contribution in [3.05, 3.63) is 30.2 Å². The molecule has 172 valence electrons. The first-order valence-corrected chi connectivity index (χ1v) is 12.9. The summed E-state index contributed by atoms with van der Waals surface area (Å²) in [6.07, 6.45) is 11.6. The Labute approximate surface area is 193 Å². The van der Waals surface area contributed by atoms with E-state index in [1.807, 2.05) is 24.3 Å². The molecule has 2 heterocycles. The molecule has 1 unspecified atom stereocenters. The summed E-state index contributed by atoms with van der Waals surface area (Å²) < 4.78 is 17.5. The van der Waals surface area contributed by atoms with Crippen LogP contribution < -0.4 is 9.47 Å². The van der Waals surface area contributed by atoms with Crippen molar-refractivity contribution in [2.45, 2.75) is 87.6 Å². The number of thioether (sulfide) groups is 1. The molecule has 2 aliphatic carbocycles. The average Bonchev–Trinajstić information content (AvgIpc) is 3.33. The van der Waals surface area contributed by atoms with E-state index in [2.05, 4.69) is 15.1 Å². The number of benzene rings is 1. The van der Waals surface area contributed by atoms with Gasteiger partial charge in [0.05, 0.1) is 5.75 Å². The number of hydrogen-bond donors (Lipinski definition) is 0. The molecular weight excluding hydrogens is 426 g/mol. The van der Waals surface area contributed by atoms with Gasteiger partial charge in [-0.05, 0) is 37.8 Å². The number of fused-ring (bicyclic) bond motifs is 1. The van der Waals surface area contributed by atoms with Gasteiger partial charge in [-0.3, -0.25) is 4.79 Å². The maximum absolute atomic E-state index is 13.3. The molecule has 5 rings (SSSR count). The van der Waals surface area contributed by atoms with Crippen LogP contribution in [0.3, 0.4) is 0 Å². The molecule has 0 bridgehead atoms. The van der Waals surface area contributed by atoms with Crippen LogP contribution in [0.4, 0.5) is 0 Å². The molecule has 0 radical (unpaired) electrons. The molecule has 0 N–H and O–H groups in total. The van der Waals surface area contributed by atoms with Gasteiger partial charge in [-0.2, -0.15) is 0 Å². The summed E-state index contributed by atoms with van der Waals surface area (Å²) in [5.41, 5.74) is 0. The van der Waals surface area contributed by atoms with E-state index < -0.39 is 6.10 Å². The van der Waals surface area contributed by atoms with Gasteiger partial charge in [0, 0.05) is 12.1 Å². The number of carbonyl (C=O) groups is 1. The van der Waals surface area contributed by atoms with Crippen LogP contribution in [0.1, 0.15) is 76.2 Å². The third-order valence-corrected chi connectivity index (χ3v) is 7.55. The minimum Gasteiger partial charge on any atom is -0.485 e. The third-order valence-electron chi connectivity index (χ3n) is 6.75. The molecule has 7 nitrogen and oxygen atoms in total. The second-order valence-corrected chi connectivity index (χ2v) is 9.87. The zero-order chi connectivity index (χ0) is 21.8. The number of amides is 1. The molecule has 2 saturated carbocycles. The van der Waals surface area contributed by atoms with Gasteiger partial charge in [-0.25, -0.2) is 0 Å². The molecule has 0 spiro atoms. The normalized spacial score (nSPS) is 21.9. The summed E-state index contributed by atoms with van der Waals surface area (Å²) in [6.45, 7) is 0.319. The fraction of sp³-hybridized carbons (Fsp3) is 0.625. The highest BCUT2D eigenvalue weighted by Gasteiger charge is 2.33. The first kappa shape index (κ1) is 21.6. The third kappa shape index (κ3) is 4.90. The summed E-state index contributed by atoms with van der Waals surface area (Å²) in [6, 6.07) is 8.33. The van der Waals surface area contributed by atoms with Crippen LogP contribution in [0, 0.1) is 0 Å². The van der Waals surface area contributed by atoms with E-state index in [1.54, 1.807) is 0 Å². The van der Waals surface area contributed by atoms with Crippen LogP contribution in [0.5, 0.6) is 11.5 Å². The second kappa shape index (κ2) is 10.1. The van der Waals surface area contributed by atoms with E-state index in [0.717, 1.165) is 25.7 Å². The maximum Gasteiger partial charge on any atom is 0.277 e. The van der Waals surface area contributed by atoms with Gasteiger partial charge in [0.15, 0.2) is 11.5 Å². The van der Waals surface area contributed by atoms with Crippen molar-refractivity contribution in [2.75, 3.05) is 12.4 Å². The molecule has 1 aliphatic heterocycles. The van der Waals surface area contributed by atoms with Crippen LogP contribution >= 0.6 is 11.8 Å². The van der Waals surface area contributed by atoms with E-state index in [0.29, 0.717) is 47.1 Å². The highest BCUT2D eigenvalue weighted by molar-refractivity contribution is 7.99. The average molecular weight is 458 g/mol. The Morgan fingerprint density at radius 2 is 1.59 bits per heavy atom. The topological polar surface area (TPSA) is 77.7 Å². The van der Waals surface area contributed by atoms with Crippen LogP contribution in [-0.2, 0) is 4.79 Å². The van der Waals surface area contributed by atoms with Crippen LogP contribution in [-0.4, -0.2) is 45.4 Å². The Morgan fingerprint density at radius 3 is 2.28 bits per heavy atom. The first-order chi connectivity index (χ1) is 15.8. The van der Waals surface area contributed by atoms with Gasteiger partial charge in [0.1, 0.15) is 6.61 Å². The largest absolute Gasteiger partial charge is 0.485 e. The summed E-state index contributed by atoms with van der Waals surface area (Å²) in [5.74, 6) is 2.31. The lowest BCUT2D eigenvalue weighted by atomic mass is 9.88. The zero-order valence-corrected chi connectivity index (χ0v) is 19.2. The standard InChI is InChI=1S/C24H31N3O4S/c28-22(27(17-9-3-1-4-10-17)18-11-5-2-6-12-18)16-32-24-26-25-23(31-24)21-15-29-19-13-7-8-14-20(19)30-21/h7-8,13-14,17-18,21H,1-6,9-12,15-16H2. The van der Waals surface area contributed by atoms with Crippen molar-refractivity contribution in [1.29, 1.82) is 0 Å². The Balaban J connectivity index is 1.21. The highest BCUT2D eigenvalue weighted by atomic mass is 32.2. The number of nitrogens with zero attached hydrogens (tertiary/aromatic N) is 3. The number of para-hydroxylation sites is 2. The smallest absolute Gasteiger partial charge is 0.277 e. The van der Waals surface area contributed by atoms with Crippen molar-refractivity contribution in [3.63, 3.8) is 0 Å². The second-order valence-electron chi connectivity index (χ2n) is 8.94. The van der Waals surface area contributed by atoms with Crippen molar-refractivity contribution in [1.82, 2.24) is 15.1 Å². The number of carbonyl (C=O) groups excluding carboxylic acids is 1. The molecule has 1 atom stereocenters. The van der Waals surface area contributed by atoms with Gasteiger partial charge in [-0.15, -0.1) is 10.2 Å². The van der Waals surface area contributed by atoms with Crippen molar-refractivity contribution < 1.29 is 18.7 Å². The van der Waals surface area contributed by atoms with Gasteiger partial charge in [0.2, 0.25) is 12.0 Å². The summed E-state index contributed by atoms with van der Waals surface area (Å²) in [7, 11) is 0. The van der Waals surface area contributed by atoms with Crippen LogP contribution in [0.15, 0.2) is 33.9 Å². The van der Waals surface area contributed by atoms with Crippen molar-refractivity contribution in [3.8, 4) is 11.5 Å². The number of ether oxygens (including phenoxy) is 2. The molecule has 1 aromatic carbocycles. The van der Waals surface area contributed by atoms with E-state index in [4.69, 9.17) is 13.9 Å². The first-order valence-electron chi connectivity index (χ1n) is 11.9. The number of hydrogen-bond acceptors (Lipinski definition) is 7. The lowest BCUT2D eigenvalue weighted by Gasteiger charge is -2.41. The minimum atomic E-state index is -0.441. The lowest BCUT2D eigenvalue weighted by Crippen LogP contribution is -2.49. The molecule has 8 heteroatoms. The quantitative estimate of drug-likeness (QED) is 0.554. The fourth-order valence-corrected chi connectivity index (χ4v) is 5.81. The van der Waals surface area contributed by atoms with E-state index >= 15 is 0 Å². The van der Waals surface area contributed by atoms with Gasteiger partial charge in [0.25, 0.3) is 11.1 Å². The van der Waals surface area contributed by atoms with Crippen LogP contribution in [0.25, 0.3) is 0 Å². The van der Waals surface area contributed by atoms with Crippen molar-refractivity contribution >= 4 is 17.7 Å². The van der Waals surface area contributed by atoms with Gasteiger partial charge >= 0.3 is 0 Å². The monoisotopic (exact) mass is 457 g/mol. The highest BCUT2D eigenvalue weighted by Crippen LogP contribution is 2.36. The maximum atomic E-state index is 13.3. The lowest BCUT2D eigenvalue weighted by molar-refractivity contribution is -0.135. The molecule has 32 heavy (non-hydrogen) atoms. The Hall–Kier alpha value is -2.22. The van der Waals surface area contributed by atoms with Crippen LogP contribution in [0.2, 0.25) is 0 Å². The van der Waals surface area contributed by atoms with E-state index in [9.17, 15) is 4.79 Å². The number of rotatable bonds is 6. The predicted octanol–water partition coefficient (Wildman–Crippen LogP) is 5.17. The predicted molar refractivity (Wildman–Crippen MR) is 121 cm³/mol. The molecule has 2 fully saturated rings. The Morgan fingerprint density at radius 1 is 0.938 bits per heavy atom. The van der Waals surface area contributed by atoms with E-state index in [1.165, 1.54) is 50.3 Å². The minimum absolute atomic E-state index is 0.208. The number of aromatic nitrogens is 2. The SMILES string of the molecule is O=C(CSc1nnc(C2COc3ccccc3O2)o1)N(C1CCCCC1)C1CCCCC1. The zero-order valence-electron chi connectivity index (χ0n) is 18.4. The van der Waals surface area contributed by atoms with Crippen molar-refractivity contribution in [2.24, 2.45) is 0 Å². The Kier molecular flexibility index (Phi) is 6.86. The fourth-order valence-electron chi connectivity index (χ4n) is 5.17. The summed E-state index contributed by atoms with van der Waals surface area (Å²) in [4.78, 5) is 15.6. The molecule has 0 saturated heterocycles. The van der Waals surface area contributed by atoms with E-state index in [-0.39, 0.29) is 5.91 Å². The molecule has 1 amide bonds. The molecule has 2 aromatic rings. The Bertz CT molecular complexity index is 890. The summed E-state index contributed by atoms with van der Waals surface area (Å²) in [5, 5.41) is 8.70. The van der Waals surface area contributed by atoms with Gasteiger partial charge in [-0.1, -0.05) is 62.4 Å². The molecular formula is C24H31N3O4S.